The zero-order valence-electron chi connectivity index (χ0n) is 8.16. The number of benzene rings is 1. The lowest BCUT2D eigenvalue weighted by atomic mass is 10.1. The van der Waals surface area contributed by atoms with E-state index in [1.54, 1.807) is 13.2 Å². The van der Waals surface area contributed by atoms with Crippen LogP contribution in [-0.2, 0) is 7.05 Å². The molecule has 2 aromatic rings. The van der Waals surface area contributed by atoms with Gasteiger partial charge in [0.2, 0.25) is 5.95 Å². The molecule has 1 aromatic heterocycles. The molecule has 0 aliphatic rings. The maximum absolute atomic E-state index is 13.3. The Hall–Kier alpha value is -1.64. The third-order valence-electron chi connectivity index (χ3n) is 2.11. The van der Waals surface area contributed by atoms with E-state index in [-0.39, 0.29) is 0 Å². The molecular formula is C11H11FN2. The van der Waals surface area contributed by atoms with E-state index in [4.69, 9.17) is 0 Å². The molecule has 0 atom stereocenters. The summed E-state index contributed by atoms with van der Waals surface area (Å²) in [7, 11) is 1.71. The molecule has 14 heavy (non-hydrogen) atoms. The van der Waals surface area contributed by atoms with E-state index in [0.717, 1.165) is 11.1 Å². The maximum Gasteiger partial charge on any atom is 0.240 e. The lowest BCUT2D eigenvalue weighted by Gasteiger charge is -1.98. The summed E-state index contributed by atoms with van der Waals surface area (Å²) in [5.74, 6) is -0.418. The van der Waals surface area contributed by atoms with Crippen molar-refractivity contribution in [3.8, 4) is 11.1 Å². The standard InChI is InChI=1S/C11H11FN2/c1-8-4-3-5-9(6-8)10-7-14(2)13-11(10)12/h3-7H,1-2H3. The first-order valence-corrected chi connectivity index (χ1v) is 4.43. The minimum absolute atomic E-state index is 0.418. The van der Waals surface area contributed by atoms with Crippen molar-refractivity contribution >= 4 is 0 Å². The van der Waals surface area contributed by atoms with E-state index in [1.807, 2.05) is 31.2 Å². The Morgan fingerprint density at radius 2 is 2.14 bits per heavy atom. The predicted octanol–water partition coefficient (Wildman–Crippen LogP) is 2.53. The number of rotatable bonds is 1. The number of halogens is 1. The van der Waals surface area contributed by atoms with Crippen LogP contribution in [0.1, 0.15) is 5.56 Å². The van der Waals surface area contributed by atoms with Gasteiger partial charge in [-0.1, -0.05) is 29.8 Å². The molecule has 0 spiro atoms. The van der Waals surface area contributed by atoms with Gasteiger partial charge < -0.3 is 0 Å². The van der Waals surface area contributed by atoms with Crippen LogP contribution in [0.5, 0.6) is 0 Å². The van der Waals surface area contributed by atoms with Crippen molar-refractivity contribution < 1.29 is 4.39 Å². The smallest absolute Gasteiger partial charge is 0.240 e. The fourth-order valence-electron chi connectivity index (χ4n) is 1.47. The van der Waals surface area contributed by atoms with Gasteiger partial charge in [0.25, 0.3) is 0 Å². The first kappa shape index (κ1) is 8.94. The van der Waals surface area contributed by atoms with Crippen LogP contribution in [0.25, 0.3) is 11.1 Å². The zero-order valence-corrected chi connectivity index (χ0v) is 8.16. The Morgan fingerprint density at radius 3 is 2.71 bits per heavy atom. The molecule has 0 aliphatic carbocycles. The van der Waals surface area contributed by atoms with Gasteiger partial charge in [-0.2, -0.15) is 4.39 Å². The summed E-state index contributed by atoms with van der Waals surface area (Å²) in [5, 5.41) is 3.67. The minimum atomic E-state index is -0.418. The monoisotopic (exact) mass is 190 g/mol. The van der Waals surface area contributed by atoms with Gasteiger partial charge in [0, 0.05) is 13.2 Å². The summed E-state index contributed by atoms with van der Waals surface area (Å²) in [6.45, 7) is 1.98. The molecule has 2 rings (SSSR count). The van der Waals surface area contributed by atoms with Crippen molar-refractivity contribution in [3.63, 3.8) is 0 Å². The molecule has 0 saturated heterocycles. The first-order chi connectivity index (χ1) is 6.66. The molecule has 1 aromatic carbocycles. The fourth-order valence-corrected chi connectivity index (χ4v) is 1.47. The van der Waals surface area contributed by atoms with Crippen LogP contribution < -0.4 is 0 Å². The highest BCUT2D eigenvalue weighted by molar-refractivity contribution is 5.63. The highest BCUT2D eigenvalue weighted by Gasteiger charge is 2.08. The van der Waals surface area contributed by atoms with Crippen LogP contribution in [0, 0.1) is 12.9 Å². The van der Waals surface area contributed by atoms with Crippen LogP contribution in [0.3, 0.4) is 0 Å². The Bertz CT molecular complexity index is 460. The number of hydrogen-bond acceptors (Lipinski definition) is 1. The molecule has 0 amide bonds. The topological polar surface area (TPSA) is 17.8 Å². The van der Waals surface area contributed by atoms with Crippen LogP contribution in [0.2, 0.25) is 0 Å². The van der Waals surface area contributed by atoms with E-state index in [1.165, 1.54) is 4.68 Å². The molecule has 0 aliphatic heterocycles. The summed E-state index contributed by atoms with van der Waals surface area (Å²) in [4.78, 5) is 0. The molecule has 0 saturated carbocycles. The van der Waals surface area contributed by atoms with Crippen molar-refractivity contribution in [3.05, 3.63) is 42.0 Å². The van der Waals surface area contributed by atoms with Gasteiger partial charge in [0.15, 0.2) is 0 Å². The Kier molecular flexibility index (Phi) is 2.08. The SMILES string of the molecule is Cc1cccc(-c2cn(C)nc2F)c1. The van der Waals surface area contributed by atoms with E-state index < -0.39 is 5.95 Å². The number of aromatic nitrogens is 2. The quantitative estimate of drug-likeness (QED) is 0.675. The highest BCUT2D eigenvalue weighted by Crippen LogP contribution is 2.22. The van der Waals surface area contributed by atoms with Crippen molar-refractivity contribution in [1.82, 2.24) is 9.78 Å². The summed E-state index contributed by atoms with van der Waals surface area (Å²) in [6, 6.07) is 7.72. The van der Waals surface area contributed by atoms with E-state index in [2.05, 4.69) is 5.10 Å². The average Bonchev–Trinajstić information content (AvgIpc) is 2.45. The maximum atomic E-state index is 13.3. The minimum Gasteiger partial charge on any atom is -0.272 e. The molecule has 0 unspecified atom stereocenters. The van der Waals surface area contributed by atoms with E-state index in [0.29, 0.717) is 5.56 Å². The second-order valence-electron chi connectivity index (χ2n) is 3.38. The van der Waals surface area contributed by atoms with Crippen molar-refractivity contribution in [2.24, 2.45) is 7.05 Å². The molecule has 2 nitrogen and oxygen atoms in total. The van der Waals surface area contributed by atoms with E-state index in [9.17, 15) is 4.39 Å². The van der Waals surface area contributed by atoms with Crippen LogP contribution in [0.4, 0.5) is 4.39 Å². The number of nitrogens with zero attached hydrogens (tertiary/aromatic N) is 2. The number of hydrogen-bond donors (Lipinski definition) is 0. The average molecular weight is 190 g/mol. The Labute approximate surface area is 82.0 Å². The highest BCUT2D eigenvalue weighted by atomic mass is 19.1. The summed E-state index contributed by atoms with van der Waals surface area (Å²) < 4.78 is 14.8. The summed E-state index contributed by atoms with van der Waals surface area (Å²) in [5.41, 5.74) is 2.54. The van der Waals surface area contributed by atoms with Gasteiger partial charge in [0.05, 0.1) is 5.56 Å². The number of aryl methyl sites for hydroxylation is 2. The first-order valence-electron chi connectivity index (χ1n) is 4.43. The van der Waals surface area contributed by atoms with Crippen molar-refractivity contribution in [1.29, 1.82) is 0 Å². The molecule has 3 heteroatoms. The molecule has 0 bridgehead atoms. The van der Waals surface area contributed by atoms with Gasteiger partial charge in [-0.3, -0.25) is 4.68 Å². The third-order valence-corrected chi connectivity index (χ3v) is 2.11. The van der Waals surface area contributed by atoms with E-state index >= 15 is 0 Å². The van der Waals surface area contributed by atoms with Gasteiger partial charge in [-0.15, -0.1) is 5.10 Å². The lowest BCUT2D eigenvalue weighted by Crippen LogP contribution is -1.86. The Balaban J connectivity index is 2.54. The van der Waals surface area contributed by atoms with Crippen molar-refractivity contribution in [2.75, 3.05) is 0 Å². The second kappa shape index (κ2) is 3.25. The Morgan fingerprint density at radius 1 is 1.36 bits per heavy atom. The van der Waals surface area contributed by atoms with Gasteiger partial charge in [0.1, 0.15) is 0 Å². The van der Waals surface area contributed by atoms with Crippen LogP contribution >= 0.6 is 0 Å². The van der Waals surface area contributed by atoms with Gasteiger partial charge in [-0.05, 0) is 12.5 Å². The van der Waals surface area contributed by atoms with Gasteiger partial charge in [-0.25, -0.2) is 0 Å². The molecule has 0 radical (unpaired) electrons. The molecular weight excluding hydrogens is 179 g/mol. The zero-order chi connectivity index (χ0) is 10.1. The third kappa shape index (κ3) is 1.53. The molecule has 0 N–H and O–H groups in total. The summed E-state index contributed by atoms with van der Waals surface area (Å²) in [6.07, 6.45) is 1.68. The van der Waals surface area contributed by atoms with Crippen LogP contribution in [0.15, 0.2) is 30.5 Å². The lowest BCUT2D eigenvalue weighted by molar-refractivity contribution is 0.555. The van der Waals surface area contributed by atoms with Crippen molar-refractivity contribution in [2.45, 2.75) is 6.92 Å². The second-order valence-corrected chi connectivity index (χ2v) is 3.38. The largest absolute Gasteiger partial charge is 0.272 e. The molecule has 0 fully saturated rings. The normalized spacial score (nSPS) is 10.5. The fraction of sp³-hybridized carbons (Fsp3) is 0.182. The summed E-state index contributed by atoms with van der Waals surface area (Å²) >= 11 is 0. The molecule has 72 valence electrons. The predicted molar refractivity (Wildman–Crippen MR) is 53.3 cm³/mol. The molecule has 1 heterocycles. The van der Waals surface area contributed by atoms with Gasteiger partial charge >= 0.3 is 0 Å². The van der Waals surface area contributed by atoms with Crippen LogP contribution in [-0.4, -0.2) is 9.78 Å².